The van der Waals surface area contributed by atoms with Gasteiger partial charge in [0.05, 0.1) is 46.0 Å². The summed E-state index contributed by atoms with van der Waals surface area (Å²) in [4.78, 5) is 21.2. The van der Waals surface area contributed by atoms with Crippen LogP contribution in [-0.2, 0) is 16.4 Å². The lowest BCUT2D eigenvalue weighted by Gasteiger charge is -2.28. The molecular formula is C23H20N2O4S2. The number of para-hydroxylation sites is 1. The largest absolute Gasteiger partial charge is 0.467 e. The van der Waals surface area contributed by atoms with E-state index < -0.39 is 9.84 Å². The summed E-state index contributed by atoms with van der Waals surface area (Å²) < 4.78 is 29.8. The molecule has 158 valence electrons. The van der Waals surface area contributed by atoms with Crippen molar-refractivity contribution in [1.29, 1.82) is 0 Å². The molecule has 4 aromatic rings. The molecule has 31 heavy (non-hydrogen) atoms. The second-order valence-electron chi connectivity index (χ2n) is 7.62. The predicted octanol–water partition coefficient (Wildman–Crippen LogP) is 4.39. The molecule has 1 amide bonds. The van der Waals surface area contributed by atoms with E-state index in [-0.39, 0.29) is 30.0 Å². The van der Waals surface area contributed by atoms with Gasteiger partial charge in [-0.2, -0.15) is 0 Å². The van der Waals surface area contributed by atoms with E-state index in [4.69, 9.17) is 9.40 Å². The third-order valence-electron chi connectivity index (χ3n) is 5.54. The van der Waals surface area contributed by atoms with Gasteiger partial charge < -0.3 is 9.32 Å². The average molecular weight is 453 g/mol. The van der Waals surface area contributed by atoms with E-state index in [0.717, 1.165) is 21.5 Å². The maximum atomic E-state index is 13.9. The summed E-state index contributed by atoms with van der Waals surface area (Å²) in [6, 6.07) is 16.4. The number of sulfone groups is 1. The molecule has 0 saturated carbocycles. The number of benzene rings is 1. The summed E-state index contributed by atoms with van der Waals surface area (Å²) in [5, 5.41) is 2.72. The van der Waals surface area contributed by atoms with Gasteiger partial charge in [0.1, 0.15) is 5.76 Å². The van der Waals surface area contributed by atoms with Gasteiger partial charge >= 0.3 is 0 Å². The van der Waals surface area contributed by atoms with Gasteiger partial charge in [-0.1, -0.05) is 24.3 Å². The van der Waals surface area contributed by atoms with Crippen LogP contribution < -0.4 is 0 Å². The van der Waals surface area contributed by atoms with Crippen LogP contribution in [0.25, 0.3) is 21.5 Å². The van der Waals surface area contributed by atoms with E-state index in [1.807, 2.05) is 47.8 Å². The van der Waals surface area contributed by atoms with Crippen molar-refractivity contribution in [1.82, 2.24) is 9.88 Å². The van der Waals surface area contributed by atoms with Crippen molar-refractivity contribution in [3.8, 4) is 10.6 Å². The normalized spacial score (nSPS) is 17.7. The van der Waals surface area contributed by atoms with Crippen molar-refractivity contribution in [2.24, 2.45) is 0 Å². The number of pyridine rings is 1. The quantitative estimate of drug-likeness (QED) is 0.449. The number of aromatic nitrogens is 1. The fourth-order valence-corrected chi connectivity index (χ4v) is 6.43. The highest BCUT2D eigenvalue weighted by molar-refractivity contribution is 7.91. The molecule has 1 aromatic carbocycles. The number of furan rings is 1. The molecule has 0 N–H and O–H groups in total. The van der Waals surface area contributed by atoms with Crippen molar-refractivity contribution >= 4 is 38.0 Å². The number of thiophene rings is 1. The molecule has 5 rings (SSSR count). The highest BCUT2D eigenvalue weighted by Gasteiger charge is 2.36. The number of hydrogen-bond acceptors (Lipinski definition) is 6. The Kier molecular flexibility index (Phi) is 5.11. The van der Waals surface area contributed by atoms with E-state index in [0.29, 0.717) is 17.7 Å². The van der Waals surface area contributed by atoms with Crippen molar-refractivity contribution in [2.75, 3.05) is 11.5 Å². The van der Waals surface area contributed by atoms with Crippen LogP contribution in [0.3, 0.4) is 0 Å². The molecular weight excluding hydrogens is 432 g/mol. The van der Waals surface area contributed by atoms with E-state index in [9.17, 15) is 13.2 Å². The van der Waals surface area contributed by atoms with Crippen molar-refractivity contribution in [3.63, 3.8) is 0 Å². The van der Waals surface area contributed by atoms with Crippen LogP contribution in [0.4, 0.5) is 0 Å². The van der Waals surface area contributed by atoms with Crippen LogP contribution in [0.2, 0.25) is 0 Å². The van der Waals surface area contributed by atoms with E-state index >= 15 is 0 Å². The third-order valence-corrected chi connectivity index (χ3v) is 8.18. The maximum Gasteiger partial charge on any atom is 0.255 e. The highest BCUT2D eigenvalue weighted by atomic mass is 32.2. The monoisotopic (exact) mass is 452 g/mol. The Hall–Kier alpha value is -2.97. The Bertz CT molecular complexity index is 1330. The van der Waals surface area contributed by atoms with Crippen LogP contribution >= 0.6 is 11.3 Å². The molecule has 1 unspecified atom stereocenters. The average Bonchev–Trinajstić information content (AvgIpc) is 3.53. The second kappa shape index (κ2) is 7.94. The first-order valence-corrected chi connectivity index (χ1v) is 12.7. The summed E-state index contributed by atoms with van der Waals surface area (Å²) in [7, 11) is -3.16. The topological polar surface area (TPSA) is 80.5 Å². The van der Waals surface area contributed by atoms with Crippen LogP contribution in [0.15, 0.2) is 70.7 Å². The summed E-state index contributed by atoms with van der Waals surface area (Å²) >= 11 is 1.56. The van der Waals surface area contributed by atoms with Crippen molar-refractivity contribution < 1.29 is 17.6 Å². The number of carbonyl (C=O) groups excluding carboxylic acids is 1. The van der Waals surface area contributed by atoms with Gasteiger partial charge in [-0.05, 0) is 42.1 Å². The minimum Gasteiger partial charge on any atom is -0.467 e. The lowest BCUT2D eigenvalue weighted by Crippen LogP contribution is -2.40. The van der Waals surface area contributed by atoms with Gasteiger partial charge in [0, 0.05) is 11.4 Å². The van der Waals surface area contributed by atoms with Gasteiger partial charge in [-0.15, -0.1) is 11.3 Å². The van der Waals surface area contributed by atoms with Crippen molar-refractivity contribution in [3.05, 3.63) is 77.6 Å². The molecule has 1 aliphatic heterocycles. The van der Waals surface area contributed by atoms with Gasteiger partial charge in [-0.25, -0.2) is 13.4 Å². The number of rotatable bonds is 5. The minimum atomic E-state index is -3.16. The van der Waals surface area contributed by atoms with Crippen LogP contribution in [-0.4, -0.2) is 41.8 Å². The SMILES string of the molecule is O=C(c1cc(-c2cccs2)nc2ccccc12)N(Cc1ccco1)C1CCS(=O)(=O)C1. The summed E-state index contributed by atoms with van der Waals surface area (Å²) in [5.41, 5.74) is 1.98. The number of nitrogens with zero attached hydrogens (tertiary/aromatic N) is 2. The van der Waals surface area contributed by atoms with E-state index in [2.05, 4.69) is 0 Å². The first-order chi connectivity index (χ1) is 15.0. The zero-order valence-electron chi connectivity index (χ0n) is 16.6. The molecule has 8 heteroatoms. The van der Waals surface area contributed by atoms with Gasteiger partial charge in [0.15, 0.2) is 9.84 Å². The Morgan fingerprint density at radius 2 is 2.03 bits per heavy atom. The molecule has 6 nitrogen and oxygen atoms in total. The minimum absolute atomic E-state index is 0.0275. The fraction of sp³-hybridized carbons (Fsp3) is 0.217. The number of amides is 1. The number of fused-ring (bicyclic) bond motifs is 1. The molecule has 0 aliphatic carbocycles. The molecule has 0 spiro atoms. The fourth-order valence-electron chi connectivity index (χ4n) is 4.02. The van der Waals surface area contributed by atoms with Crippen LogP contribution in [0.1, 0.15) is 22.5 Å². The van der Waals surface area contributed by atoms with Crippen LogP contribution in [0.5, 0.6) is 0 Å². The maximum absolute atomic E-state index is 13.9. The smallest absolute Gasteiger partial charge is 0.255 e. The molecule has 4 heterocycles. The molecule has 0 radical (unpaired) electrons. The summed E-state index contributed by atoms with van der Waals surface area (Å²) in [6.07, 6.45) is 1.98. The lowest BCUT2D eigenvalue weighted by molar-refractivity contribution is 0.0668. The molecule has 1 aliphatic rings. The zero-order chi connectivity index (χ0) is 21.4. The zero-order valence-corrected chi connectivity index (χ0v) is 18.2. The number of hydrogen-bond donors (Lipinski definition) is 0. The molecule has 0 bridgehead atoms. The summed E-state index contributed by atoms with van der Waals surface area (Å²) in [6.45, 7) is 0.219. The van der Waals surface area contributed by atoms with Crippen molar-refractivity contribution in [2.45, 2.75) is 19.0 Å². The first-order valence-electron chi connectivity index (χ1n) is 9.98. The predicted molar refractivity (Wildman–Crippen MR) is 121 cm³/mol. The Morgan fingerprint density at radius 1 is 1.16 bits per heavy atom. The second-order valence-corrected chi connectivity index (χ2v) is 10.8. The highest BCUT2D eigenvalue weighted by Crippen LogP contribution is 2.30. The first kappa shape index (κ1) is 20.0. The third kappa shape index (κ3) is 4.00. The number of carbonyl (C=O) groups is 1. The molecule has 3 aromatic heterocycles. The van der Waals surface area contributed by atoms with Crippen LogP contribution in [0, 0.1) is 0 Å². The van der Waals surface area contributed by atoms with Gasteiger partial charge in [0.2, 0.25) is 0 Å². The Balaban J connectivity index is 1.61. The Morgan fingerprint density at radius 3 is 2.74 bits per heavy atom. The van der Waals surface area contributed by atoms with Gasteiger partial charge in [-0.3, -0.25) is 4.79 Å². The van der Waals surface area contributed by atoms with Gasteiger partial charge in [0.25, 0.3) is 5.91 Å². The Labute approximate surface area is 184 Å². The lowest BCUT2D eigenvalue weighted by atomic mass is 10.0. The molecule has 1 atom stereocenters. The molecule has 1 saturated heterocycles. The molecule has 1 fully saturated rings. The van der Waals surface area contributed by atoms with E-state index in [1.165, 1.54) is 0 Å². The summed E-state index contributed by atoms with van der Waals surface area (Å²) in [5.74, 6) is 0.474. The standard InChI is InChI=1S/C23H20N2O4S2/c26-23(25(14-17-5-3-10-29-17)16-9-12-31(27,28)15-16)19-13-21(22-8-4-11-30-22)24-20-7-2-1-6-18(19)20/h1-8,10-11,13,16H,9,12,14-15H2. The van der Waals surface area contributed by atoms with E-state index in [1.54, 1.807) is 34.6 Å².